The van der Waals surface area contributed by atoms with E-state index < -0.39 is 0 Å². The van der Waals surface area contributed by atoms with Crippen molar-refractivity contribution in [2.24, 2.45) is 11.8 Å². The van der Waals surface area contributed by atoms with Gasteiger partial charge in [0.1, 0.15) is 5.82 Å². The van der Waals surface area contributed by atoms with Crippen molar-refractivity contribution in [3.8, 4) is 0 Å². The van der Waals surface area contributed by atoms with E-state index in [9.17, 15) is 0 Å². The molecule has 0 amide bonds. The fourth-order valence-corrected chi connectivity index (χ4v) is 3.26. The highest BCUT2D eigenvalue weighted by molar-refractivity contribution is 6.18. The van der Waals surface area contributed by atoms with Gasteiger partial charge in [-0.1, -0.05) is 38.1 Å². The van der Waals surface area contributed by atoms with Crippen molar-refractivity contribution in [1.29, 1.82) is 0 Å². The lowest BCUT2D eigenvalue weighted by Gasteiger charge is -2.36. The van der Waals surface area contributed by atoms with Crippen LogP contribution in [0.5, 0.6) is 0 Å². The first-order valence-electron chi connectivity index (χ1n) is 7.38. The number of fused-ring (bicyclic) bond motifs is 1. The van der Waals surface area contributed by atoms with Gasteiger partial charge >= 0.3 is 0 Å². The number of rotatable bonds is 2. The van der Waals surface area contributed by atoms with E-state index in [1.165, 1.54) is 17.2 Å². The van der Waals surface area contributed by atoms with E-state index in [4.69, 9.17) is 16.6 Å². The van der Waals surface area contributed by atoms with Crippen LogP contribution in [0.4, 0.5) is 5.82 Å². The van der Waals surface area contributed by atoms with E-state index in [-0.39, 0.29) is 0 Å². The molecular weight excluding hydrogens is 268 g/mol. The molecule has 1 aromatic carbocycles. The maximum Gasteiger partial charge on any atom is 0.136 e. The summed E-state index contributed by atoms with van der Waals surface area (Å²) in [6.07, 6.45) is 3.18. The Balaban J connectivity index is 2.04. The van der Waals surface area contributed by atoms with Crippen molar-refractivity contribution in [2.45, 2.75) is 26.1 Å². The predicted molar refractivity (Wildman–Crippen MR) is 86.5 cm³/mol. The Hall–Kier alpha value is -1.28. The van der Waals surface area contributed by atoms with Crippen molar-refractivity contribution in [3.63, 3.8) is 0 Å². The molecule has 2 nitrogen and oxygen atoms in total. The van der Waals surface area contributed by atoms with Crippen molar-refractivity contribution in [1.82, 2.24) is 4.98 Å². The number of anilines is 1. The minimum absolute atomic E-state index is 0.515. The molecule has 0 radical (unpaired) electrons. The number of benzene rings is 1. The fraction of sp³-hybridized carbons (Fsp3) is 0.471. The number of hydrogen-bond acceptors (Lipinski definition) is 2. The Morgan fingerprint density at radius 2 is 1.95 bits per heavy atom. The number of aromatic nitrogens is 1. The van der Waals surface area contributed by atoms with Gasteiger partial charge in [-0.15, -0.1) is 11.6 Å². The van der Waals surface area contributed by atoms with Crippen molar-refractivity contribution in [2.75, 3.05) is 18.0 Å². The summed E-state index contributed by atoms with van der Waals surface area (Å²) in [5, 5.41) is 2.46. The van der Waals surface area contributed by atoms with Gasteiger partial charge in [0, 0.05) is 30.6 Å². The first-order chi connectivity index (χ1) is 9.70. The molecule has 1 aliphatic rings. The molecule has 1 fully saturated rings. The second-order valence-electron chi connectivity index (χ2n) is 5.98. The maximum absolute atomic E-state index is 6.03. The van der Waals surface area contributed by atoms with Gasteiger partial charge < -0.3 is 4.90 Å². The molecule has 0 spiro atoms. The normalized spacial score (nSPS) is 23.2. The van der Waals surface area contributed by atoms with Crippen LogP contribution in [0.1, 0.15) is 25.8 Å². The predicted octanol–water partition coefficient (Wildman–Crippen LogP) is 4.46. The van der Waals surface area contributed by atoms with E-state index in [1.54, 1.807) is 0 Å². The van der Waals surface area contributed by atoms with Crippen molar-refractivity contribution in [3.05, 3.63) is 36.0 Å². The molecule has 2 aromatic rings. The van der Waals surface area contributed by atoms with Gasteiger partial charge in [0.2, 0.25) is 0 Å². The van der Waals surface area contributed by atoms with Crippen LogP contribution in [0.3, 0.4) is 0 Å². The zero-order valence-corrected chi connectivity index (χ0v) is 12.9. The number of nitrogens with zero attached hydrogens (tertiary/aromatic N) is 2. The lowest BCUT2D eigenvalue weighted by Crippen LogP contribution is -2.39. The monoisotopic (exact) mass is 288 g/mol. The van der Waals surface area contributed by atoms with Gasteiger partial charge in [-0.3, -0.25) is 0 Å². The van der Waals surface area contributed by atoms with E-state index in [2.05, 4.69) is 43.0 Å². The zero-order valence-electron chi connectivity index (χ0n) is 12.1. The van der Waals surface area contributed by atoms with Crippen molar-refractivity contribution >= 4 is 28.2 Å². The number of pyridine rings is 1. The molecule has 2 heterocycles. The van der Waals surface area contributed by atoms with Crippen LogP contribution in [0, 0.1) is 11.8 Å². The Kier molecular flexibility index (Phi) is 3.84. The summed E-state index contributed by atoms with van der Waals surface area (Å²) in [7, 11) is 0. The maximum atomic E-state index is 6.03. The zero-order chi connectivity index (χ0) is 14.1. The van der Waals surface area contributed by atoms with Crippen LogP contribution in [0.25, 0.3) is 10.8 Å². The molecule has 3 rings (SSSR count). The third-order valence-electron chi connectivity index (χ3n) is 4.63. The Morgan fingerprint density at radius 3 is 2.65 bits per heavy atom. The second kappa shape index (κ2) is 5.61. The smallest absolute Gasteiger partial charge is 0.136 e. The standard InChI is InChI=1S/C17H21ClN2/c1-12-7-8-20(11-13(12)2)17-16-6-4-3-5-15(16)14(9-18)10-19-17/h3-6,10,12-13H,7-9,11H2,1-2H3. The molecule has 1 aliphatic heterocycles. The average molecular weight is 289 g/mol. The average Bonchev–Trinajstić information content (AvgIpc) is 2.49. The lowest BCUT2D eigenvalue weighted by atomic mass is 9.88. The first kappa shape index (κ1) is 13.7. The summed E-state index contributed by atoms with van der Waals surface area (Å²) in [6.45, 7) is 6.89. The quantitative estimate of drug-likeness (QED) is 0.759. The summed E-state index contributed by atoms with van der Waals surface area (Å²) in [6, 6.07) is 8.47. The van der Waals surface area contributed by atoms with Crippen molar-refractivity contribution < 1.29 is 0 Å². The summed E-state index contributed by atoms with van der Waals surface area (Å²) < 4.78 is 0. The first-order valence-corrected chi connectivity index (χ1v) is 7.91. The van der Waals surface area contributed by atoms with Crippen LogP contribution in [-0.4, -0.2) is 18.1 Å². The lowest BCUT2D eigenvalue weighted by molar-refractivity contribution is 0.323. The molecule has 20 heavy (non-hydrogen) atoms. The Labute approximate surface area is 125 Å². The summed E-state index contributed by atoms with van der Waals surface area (Å²) in [5.41, 5.74) is 1.12. The Bertz CT molecular complexity index is 611. The van der Waals surface area contributed by atoms with Gasteiger partial charge in [-0.05, 0) is 29.2 Å². The number of halogens is 1. The molecular formula is C17H21ClN2. The van der Waals surface area contributed by atoms with E-state index in [1.807, 2.05) is 6.20 Å². The van der Waals surface area contributed by atoms with E-state index >= 15 is 0 Å². The fourth-order valence-electron chi connectivity index (χ4n) is 3.05. The number of hydrogen-bond donors (Lipinski definition) is 0. The number of piperidine rings is 1. The minimum Gasteiger partial charge on any atom is -0.356 e. The molecule has 0 N–H and O–H groups in total. The summed E-state index contributed by atoms with van der Waals surface area (Å²) in [5.74, 6) is 3.16. The summed E-state index contributed by atoms with van der Waals surface area (Å²) in [4.78, 5) is 7.14. The number of alkyl halides is 1. The Morgan fingerprint density at radius 1 is 1.20 bits per heavy atom. The molecule has 0 saturated carbocycles. The SMILES string of the molecule is CC1CCN(c2ncc(CCl)c3ccccc23)CC1C. The largest absolute Gasteiger partial charge is 0.356 e. The minimum atomic E-state index is 0.515. The van der Waals surface area contributed by atoms with Gasteiger partial charge in [0.25, 0.3) is 0 Å². The third-order valence-corrected chi connectivity index (χ3v) is 4.92. The van der Waals surface area contributed by atoms with Gasteiger partial charge in [-0.25, -0.2) is 4.98 Å². The van der Waals surface area contributed by atoms with Gasteiger partial charge in [0.05, 0.1) is 0 Å². The molecule has 2 unspecified atom stereocenters. The topological polar surface area (TPSA) is 16.1 Å². The molecule has 1 saturated heterocycles. The van der Waals surface area contributed by atoms with Crippen LogP contribution in [0.2, 0.25) is 0 Å². The van der Waals surface area contributed by atoms with E-state index in [0.29, 0.717) is 5.88 Å². The van der Waals surface area contributed by atoms with Crippen LogP contribution >= 0.6 is 11.6 Å². The van der Waals surface area contributed by atoms with Gasteiger partial charge in [-0.2, -0.15) is 0 Å². The highest BCUT2D eigenvalue weighted by Crippen LogP contribution is 2.32. The van der Waals surface area contributed by atoms with Crippen LogP contribution in [-0.2, 0) is 5.88 Å². The second-order valence-corrected chi connectivity index (χ2v) is 6.24. The summed E-state index contributed by atoms with van der Waals surface area (Å²) >= 11 is 6.03. The van der Waals surface area contributed by atoms with Gasteiger partial charge in [0.15, 0.2) is 0 Å². The molecule has 0 aliphatic carbocycles. The highest BCUT2D eigenvalue weighted by atomic mass is 35.5. The van der Waals surface area contributed by atoms with E-state index in [0.717, 1.165) is 36.3 Å². The third kappa shape index (κ3) is 2.37. The van der Waals surface area contributed by atoms with Crippen LogP contribution < -0.4 is 4.90 Å². The van der Waals surface area contributed by atoms with Crippen LogP contribution in [0.15, 0.2) is 30.5 Å². The molecule has 3 heteroatoms. The molecule has 1 aromatic heterocycles. The molecule has 2 atom stereocenters. The molecule has 0 bridgehead atoms. The highest BCUT2D eigenvalue weighted by Gasteiger charge is 2.24. The molecule has 106 valence electrons.